The fourth-order valence-electron chi connectivity index (χ4n) is 1.78. The molecular formula is C11H10BrN. The molecule has 1 nitrogen and oxygen atoms in total. The SMILES string of the molecule is CC1(c2ccccc2Br)CC1C#N. The highest BCUT2D eigenvalue weighted by Crippen LogP contribution is 2.55. The average Bonchev–Trinajstić information content (AvgIpc) is 2.79. The zero-order valence-electron chi connectivity index (χ0n) is 7.42. The van der Waals surface area contributed by atoms with E-state index < -0.39 is 0 Å². The molecule has 0 radical (unpaired) electrons. The van der Waals surface area contributed by atoms with Gasteiger partial charge in [-0.2, -0.15) is 5.26 Å². The number of halogens is 1. The van der Waals surface area contributed by atoms with E-state index in [-0.39, 0.29) is 11.3 Å². The summed E-state index contributed by atoms with van der Waals surface area (Å²) < 4.78 is 1.12. The van der Waals surface area contributed by atoms with Crippen LogP contribution in [0.15, 0.2) is 28.7 Å². The van der Waals surface area contributed by atoms with Crippen LogP contribution in [0.3, 0.4) is 0 Å². The van der Waals surface area contributed by atoms with Crippen molar-refractivity contribution in [2.75, 3.05) is 0 Å². The van der Waals surface area contributed by atoms with E-state index in [0.717, 1.165) is 10.9 Å². The van der Waals surface area contributed by atoms with Crippen molar-refractivity contribution in [2.24, 2.45) is 5.92 Å². The fraction of sp³-hybridized carbons (Fsp3) is 0.364. The summed E-state index contributed by atoms with van der Waals surface area (Å²) in [5.41, 5.74) is 1.36. The second-order valence-corrected chi connectivity index (χ2v) is 4.64. The Kier molecular flexibility index (Phi) is 1.92. The molecule has 66 valence electrons. The lowest BCUT2D eigenvalue weighted by atomic mass is 9.96. The molecule has 2 unspecified atom stereocenters. The number of hydrogen-bond acceptors (Lipinski definition) is 1. The van der Waals surface area contributed by atoms with Crippen molar-refractivity contribution in [3.05, 3.63) is 34.3 Å². The predicted molar refractivity (Wildman–Crippen MR) is 55.2 cm³/mol. The molecule has 1 saturated carbocycles. The summed E-state index contributed by atoms with van der Waals surface area (Å²) in [7, 11) is 0. The van der Waals surface area contributed by atoms with Crippen molar-refractivity contribution in [1.82, 2.24) is 0 Å². The monoisotopic (exact) mass is 235 g/mol. The smallest absolute Gasteiger partial charge is 0.0665 e. The fourth-order valence-corrected chi connectivity index (χ4v) is 2.51. The van der Waals surface area contributed by atoms with Crippen LogP contribution in [0, 0.1) is 17.2 Å². The Morgan fingerprint density at radius 3 is 2.77 bits per heavy atom. The van der Waals surface area contributed by atoms with E-state index in [0.29, 0.717) is 0 Å². The Morgan fingerprint density at radius 1 is 1.54 bits per heavy atom. The third kappa shape index (κ3) is 1.28. The van der Waals surface area contributed by atoms with E-state index in [9.17, 15) is 0 Å². The van der Waals surface area contributed by atoms with Gasteiger partial charge in [0, 0.05) is 9.89 Å². The minimum atomic E-state index is 0.0921. The Morgan fingerprint density at radius 2 is 2.23 bits per heavy atom. The highest BCUT2D eigenvalue weighted by atomic mass is 79.9. The minimum Gasteiger partial charge on any atom is -0.198 e. The molecule has 2 atom stereocenters. The number of nitrogens with zero attached hydrogens (tertiary/aromatic N) is 1. The predicted octanol–water partition coefficient (Wildman–Crippen LogP) is 3.25. The Hall–Kier alpha value is -0.810. The minimum absolute atomic E-state index is 0.0921. The number of benzene rings is 1. The zero-order valence-corrected chi connectivity index (χ0v) is 9.01. The van der Waals surface area contributed by atoms with Gasteiger partial charge in [0.1, 0.15) is 0 Å². The van der Waals surface area contributed by atoms with Crippen LogP contribution >= 0.6 is 15.9 Å². The highest BCUT2D eigenvalue weighted by Gasteiger charge is 2.52. The summed E-state index contributed by atoms with van der Waals surface area (Å²) in [5.74, 6) is 0.200. The van der Waals surface area contributed by atoms with Crippen molar-refractivity contribution in [2.45, 2.75) is 18.8 Å². The van der Waals surface area contributed by atoms with Crippen molar-refractivity contribution >= 4 is 15.9 Å². The molecule has 0 aromatic heterocycles. The van der Waals surface area contributed by atoms with Gasteiger partial charge in [-0.05, 0) is 18.1 Å². The standard InChI is InChI=1S/C11H10BrN/c1-11(6-8(11)7-13)9-4-2-3-5-10(9)12/h2-5,8H,6H2,1H3. The molecule has 1 aromatic carbocycles. The lowest BCUT2D eigenvalue weighted by Crippen LogP contribution is -2.04. The average molecular weight is 236 g/mol. The normalized spacial score (nSPS) is 31.0. The molecule has 0 heterocycles. The van der Waals surface area contributed by atoms with Crippen LogP contribution in [0.5, 0.6) is 0 Å². The van der Waals surface area contributed by atoms with Crippen LogP contribution < -0.4 is 0 Å². The molecule has 1 aliphatic carbocycles. The maximum atomic E-state index is 8.83. The first-order valence-electron chi connectivity index (χ1n) is 4.33. The molecule has 1 aromatic rings. The van der Waals surface area contributed by atoms with Crippen molar-refractivity contribution in [3.63, 3.8) is 0 Å². The Bertz CT molecular complexity index is 380. The van der Waals surface area contributed by atoms with Gasteiger partial charge in [-0.25, -0.2) is 0 Å². The van der Waals surface area contributed by atoms with Gasteiger partial charge in [-0.15, -0.1) is 0 Å². The molecule has 0 spiro atoms. The van der Waals surface area contributed by atoms with Gasteiger partial charge in [0.05, 0.1) is 12.0 Å². The van der Waals surface area contributed by atoms with Crippen LogP contribution in [0.1, 0.15) is 18.9 Å². The van der Waals surface area contributed by atoms with Gasteiger partial charge in [0.15, 0.2) is 0 Å². The van der Waals surface area contributed by atoms with Gasteiger partial charge in [0.2, 0.25) is 0 Å². The zero-order chi connectivity index (χ0) is 9.47. The lowest BCUT2D eigenvalue weighted by Gasteiger charge is -2.10. The molecule has 0 aliphatic heterocycles. The van der Waals surface area contributed by atoms with Crippen LogP contribution in [0.2, 0.25) is 0 Å². The summed E-state index contributed by atoms with van der Waals surface area (Å²) in [6, 6.07) is 10.5. The van der Waals surface area contributed by atoms with Gasteiger partial charge in [-0.3, -0.25) is 0 Å². The Labute approximate surface area is 86.5 Å². The first kappa shape index (κ1) is 8.77. The van der Waals surface area contributed by atoms with E-state index in [2.05, 4.69) is 35.0 Å². The molecule has 13 heavy (non-hydrogen) atoms. The summed E-state index contributed by atoms with van der Waals surface area (Å²) in [4.78, 5) is 0. The first-order valence-corrected chi connectivity index (χ1v) is 5.12. The van der Waals surface area contributed by atoms with Gasteiger partial charge >= 0.3 is 0 Å². The molecule has 0 amide bonds. The largest absolute Gasteiger partial charge is 0.198 e. The van der Waals surface area contributed by atoms with Crippen LogP contribution in [-0.2, 0) is 5.41 Å². The summed E-state index contributed by atoms with van der Waals surface area (Å²) in [5, 5.41) is 8.83. The second kappa shape index (κ2) is 2.85. The molecule has 2 rings (SSSR count). The number of rotatable bonds is 1. The van der Waals surface area contributed by atoms with Crippen molar-refractivity contribution < 1.29 is 0 Å². The summed E-state index contributed by atoms with van der Waals surface area (Å²) in [6.07, 6.45) is 0.992. The second-order valence-electron chi connectivity index (χ2n) is 3.78. The number of nitriles is 1. The van der Waals surface area contributed by atoms with Gasteiger partial charge < -0.3 is 0 Å². The van der Waals surface area contributed by atoms with E-state index in [4.69, 9.17) is 5.26 Å². The maximum absolute atomic E-state index is 8.83. The molecular weight excluding hydrogens is 226 g/mol. The molecule has 2 heteroatoms. The first-order chi connectivity index (χ1) is 6.18. The third-order valence-corrected chi connectivity index (χ3v) is 3.57. The van der Waals surface area contributed by atoms with E-state index in [1.165, 1.54) is 5.56 Å². The summed E-state index contributed by atoms with van der Waals surface area (Å²) in [6.45, 7) is 2.15. The molecule has 0 N–H and O–H groups in total. The topological polar surface area (TPSA) is 23.8 Å². The Balaban J connectivity index is 2.39. The van der Waals surface area contributed by atoms with Crippen LogP contribution in [-0.4, -0.2) is 0 Å². The maximum Gasteiger partial charge on any atom is 0.0665 e. The van der Waals surface area contributed by atoms with Crippen LogP contribution in [0.4, 0.5) is 0 Å². The lowest BCUT2D eigenvalue weighted by molar-refractivity contribution is 0.737. The quantitative estimate of drug-likeness (QED) is 0.734. The third-order valence-electron chi connectivity index (χ3n) is 2.88. The highest BCUT2D eigenvalue weighted by molar-refractivity contribution is 9.10. The molecule has 0 bridgehead atoms. The van der Waals surface area contributed by atoms with Crippen molar-refractivity contribution in [1.29, 1.82) is 5.26 Å². The molecule has 0 saturated heterocycles. The van der Waals surface area contributed by atoms with E-state index >= 15 is 0 Å². The van der Waals surface area contributed by atoms with Crippen molar-refractivity contribution in [3.8, 4) is 6.07 Å². The molecule has 1 aliphatic rings. The van der Waals surface area contributed by atoms with E-state index in [1.807, 2.05) is 18.2 Å². The van der Waals surface area contributed by atoms with Gasteiger partial charge in [0.25, 0.3) is 0 Å². The number of hydrogen-bond donors (Lipinski definition) is 0. The van der Waals surface area contributed by atoms with Gasteiger partial charge in [-0.1, -0.05) is 41.1 Å². The van der Waals surface area contributed by atoms with E-state index in [1.54, 1.807) is 0 Å². The molecule has 1 fully saturated rings. The summed E-state index contributed by atoms with van der Waals surface area (Å²) >= 11 is 3.52. The van der Waals surface area contributed by atoms with Crippen LogP contribution in [0.25, 0.3) is 0 Å².